The molecule has 6 heteroatoms. The van der Waals surface area contributed by atoms with Crippen LogP contribution in [0, 0.1) is 0 Å². The van der Waals surface area contributed by atoms with Crippen LogP contribution >= 0.6 is 0 Å². The van der Waals surface area contributed by atoms with E-state index >= 15 is 0 Å². The Labute approximate surface area is 101 Å². The predicted octanol–water partition coefficient (Wildman–Crippen LogP) is -0.0108. The van der Waals surface area contributed by atoms with Crippen LogP contribution in [-0.4, -0.2) is 43.8 Å². The van der Waals surface area contributed by atoms with Crippen LogP contribution in [0.1, 0.15) is 26.7 Å². The van der Waals surface area contributed by atoms with Crippen LogP contribution in [0.15, 0.2) is 0 Å². The smallest absolute Gasteiger partial charge is 0.315 e. The maximum atomic E-state index is 11.5. The van der Waals surface area contributed by atoms with E-state index in [1.807, 2.05) is 6.92 Å². The zero-order chi connectivity index (χ0) is 12.7. The zero-order valence-electron chi connectivity index (χ0n) is 10.4. The summed E-state index contributed by atoms with van der Waals surface area (Å²) in [5.74, 6) is -0.162. The van der Waals surface area contributed by atoms with Gasteiger partial charge in [-0.3, -0.25) is 4.79 Å². The topological polar surface area (TPSA) is 79.5 Å². The second-order valence-corrected chi connectivity index (χ2v) is 4.19. The largest absolute Gasteiger partial charge is 0.379 e. The predicted molar refractivity (Wildman–Crippen MR) is 63.7 cm³/mol. The molecular weight excluding hydrogens is 222 g/mol. The maximum Gasteiger partial charge on any atom is 0.315 e. The summed E-state index contributed by atoms with van der Waals surface area (Å²) < 4.78 is 5.14. The van der Waals surface area contributed by atoms with Gasteiger partial charge in [0.1, 0.15) is 6.04 Å². The highest BCUT2D eigenvalue weighted by atomic mass is 16.5. The van der Waals surface area contributed by atoms with Gasteiger partial charge in [0, 0.05) is 13.2 Å². The Hall–Kier alpha value is -1.30. The van der Waals surface area contributed by atoms with E-state index in [4.69, 9.17) is 4.74 Å². The van der Waals surface area contributed by atoms with Gasteiger partial charge in [-0.15, -0.1) is 0 Å². The van der Waals surface area contributed by atoms with Crippen molar-refractivity contribution in [2.45, 2.75) is 38.8 Å². The van der Waals surface area contributed by atoms with E-state index in [1.165, 1.54) is 0 Å². The van der Waals surface area contributed by atoms with E-state index in [0.717, 1.165) is 12.8 Å². The minimum absolute atomic E-state index is 0.0564. The highest BCUT2D eigenvalue weighted by Gasteiger charge is 2.20. The Morgan fingerprint density at radius 2 is 2.24 bits per heavy atom. The Kier molecular flexibility index (Phi) is 5.76. The highest BCUT2D eigenvalue weighted by molar-refractivity contribution is 5.86. The number of carbonyl (C=O) groups is 2. The SMILES string of the molecule is CCCNC(=O)C(C)NC(=O)NC1CCOC1. The van der Waals surface area contributed by atoms with E-state index in [1.54, 1.807) is 6.92 Å². The summed E-state index contributed by atoms with van der Waals surface area (Å²) in [5.41, 5.74) is 0. The van der Waals surface area contributed by atoms with E-state index in [0.29, 0.717) is 19.8 Å². The van der Waals surface area contributed by atoms with Gasteiger partial charge in [-0.1, -0.05) is 6.92 Å². The van der Waals surface area contributed by atoms with Crippen molar-refractivity contribution in [3.8, 4) is 0 Å². The molecule has 1 aliphatic heterocycles. The van der Waals surface area contributed by atoms with E-state index in [9.17, 15) is 9.59 Å². The van der Waals surface area contributed by atoms with Gasteiger partial charge in [-0.05, 0) is 19.8 Å². The third-order valence-corrected chi connectivity index (χ3v) is 2.56. The average molecular weight is 243 g/mol. The second-order valence-electron chi connectivity index (χ2n) is 4.19. The molecule has 17 heavy (non-hydrogen) atoms. The molecule has 1 rings (SSSR count). The van der Waals surface area contributed by atoms with Gasteiger partial charge in [-0.25, -0.2) is 4.79 Å². The fraction of sp³-hybridized carbons (Fsp3) is 0.818. The maximum absolute atomic E-state index is 11.5. The third-order valence-electron chi connectivity index (χ3n) is 2.56. The first-order valence-electron chi connectivity index (χ1n) is 6.06. The Morgan fingerprint density at radius 3 is 2.82 bits per heavy atom. The van der Waals surface area contributed by atoms with Crippen LogP contribution in [0.3, 0.4) is 0 Å². The van der Waals surface area contributed by atoms with Crippen molar-refractivity contribution >= 4 is 11.9 Å². The number of urea groups is 1. The number of hydrogen-bond donors (Lipinski definition) is 3. The Balaban J connectivity index is 2.22. The summed E-state index contributed by atoms with van der Waals surface area (Å²) in [6, 6.07) is -0.788. The lowest BCUT2D eigenvalue weighted by atomic mass is 10.2. The van der Waals surface area contributed by atoms with Gasteiger partial charge in [0.2, 0.25) is 5.91 Å². The average Bonchev–Trinajstić information content (AvgIpc) is 2.78. The minimum Gasteiger partial charge on any atom is -0.379 e. The van der Waals surface area contributed by atoms with E-state index in [2.05, 4.69) is 16.0 Å². The van der Waals surface area contributed by atoms with Crippen molar-refractivity contribution in [3.05, 3.63) is 0 Å². The summed E-state index contributed by atoms with van der Waals surface area (Å²) in [5, 5.41) is 8.09. The standard InChI is InChI=1S/C11H21N3O3/c1-3-5-12-10(15)8(2)13-11(16)14-9-4-6-17-7-9/h8-9H,3-7H2,1-2H3,(H,12,15)(H2,13,14,16). The van der Waals surface area contributed by atoms with Gasteiger partial charge in [0.25, 0.3) is 0 Å². The summed E-state index contributed by atoms with van der Waals surface area (Å²) >= 11 is 0. The quantitative estimate of drug-likeness (QED) is 0.635. The number of rotatable bonds is 5. The van der Waals surface area contributed by atoms with Crippen molar-refractivity contribution in [3.63, 3.8) is 0 Å². The molecule has 1 heterocycles. The molecule has 2 atom stereocenters. The lowest BCUT2D eigenvalue weighted by Crippen LogP contribution is -2.50. The minimum atomic E-state index is -0.524. The normalized spacial score (nSPS) is 20.7. The van der Waals surface area contributed by atoms with Crippen LogP contribution in [0.25, 0.3) is 0 Å². The molecule has 2 unspecified atom stereocenters. The van der Waals surface area contributed by atoms with E-state index in [-0.39, 0.29) is 18.0 Å². The van der Waals surface area contributed by atoms with Gasteiger partial charge < -0.3 is 20.7 Å². The molecule has 6 nitrogen and oxygen atoms in total. The van der Waals surface area contributed by atoms with Crippen LogP contribution in [0.5, 0.6) is 0 Å². The number of hydrogen-bond acceptors (Lipinski definition) is 3. The number of ether oxygens (including phenoxy) is 1. The third kappa shape index (κ3) is 5.04. The van der Waals surface area contributed by atoms with Crippen LogP contribution < -0.4 is 16.0 Å². The second kappa shape index (κ2) is 7.11. The first kappa shape index (κ1) is 13.8. The van der Waals surface area contributed by atoms with Gasteiger partial charge in [0.15, 0.2) is 0 Å². The monoisotopic (exact) mass is 243 g/mol. The lowest BCUT2D eigenvalue weighted by Gasteiger charge is -2.16. The molecule has 0 spiro atoms. The molecule has 98 valence electrons. The molecule has 0 bridgehead atoms. The fourth-order valence-electron chi connectivity index (χ4n) is 1.54. The fourth-order valence-corrected chi connectivity index (χ4v) is 1.54. The number of carbonyl (C=O) groups excluding carboxylic acids is 2. The van der Waals surface area contributed by atoms with Crippen molar-refractivity contribution in [1.82, 2.24) is 16.0 Å². The van der Waals surface area contributed by atoms with Gasteiger partial charge in [0.05, 0.1) is 12.6 Å². The molecule has 0 aromatic rings. The van der Waals surface area contributed by atoms with Gasteiger partial charge in [-0.2, -0.15) is 0 Å². The summed E-state index contributed by atoms with van der Waals surface area (Å²) in [6.07, 6.45) is 1.70. The van der Waals surface area contributed by atoms with Crippen LogP contribution in [0.2, 0.25) is 0 Å². The molecule has 1 aliphatic rings. The zero-order valence-corrected chi connectivity index (χ0v) is 10.4. The molecule has 0 aliphatic carbocycles. The Bertz CT molecular complexity index is 265. The number of amides is 3. The van der Waals surface area contributed by atoms with Gasteiger partial charge >= 0.3 is 6.03 Å². The molecule has 0 saturated carbocycles. The summed E-state index contributed by atoms with van der Waals surface area (Å²) in [4.78, 5) is 23.0. The molecule has 0 aromatic heterocycles. The van der Waals surface area contributed by atoms with Crippen LogP contribution in [-0.2, 0) is 9.53 Å². The molecular formula is C11H21N3O3. The summed E-state index contributed by atoms with van der Waals surface area (Å²) in [7, 11) is 0. The van der Waals surface area contributed by atoms with Crippen molar-refractivity contribution in [2.24, 2.45) is 0 Å². The summed E-state index contributed by atoms with van der Waals surface area (Å²) in [6.45, 7) is 5.49. The first-order valence-corrected chi connectivity index (χ1v) is 6.06. The van der Waals surface area contributed by atoms with Crippen molar-refractivity contribution < 1.29 is 14.3 Å². The molecule has 3 N–H and O–H groups in total. The molecule has 3 amide bonds. The number of nitrogens with one attached hydrogen (secondary N) is 3. The molecule has 1 fully saturated rings. The van der Waals surface area contributed by atoms with Crippen LogP contribution in [0.4, 0.5) is 4.79 Å². The van der Waals surface area contributed by atoms with Crippen molar-refractivity contribution in [1.29, 1.82) is 0 Å². The molecule has 1 saturated heterocycles. The molecule has 0 aromatic carbocycles. The lowest BCUT2D eigenvalue weighted by molar-refractivity contribution is -0.122. The molecule has 0 radical (unpaired) electrons. The Morgan fingerprint density at radius 1 is 1.47 bits per heavy atom. The first-order chi connectivity index (χ1) is 8.13. The van der Waals surface area contributed by atoms with Crippen molar-refractivity contribution in [2.75, 3.05) is 19.8 Å². The van der Waals surface area contributed by atoms with E-state index < -0.39 is 6.04 Å². The highest BCUT2D eigenvalue weighted by Crippen LogP contribution is 2.02.